The average molecular weight is 456 g/mol. The molecule has 1 unspecified atom stereocenters. The lowest BCUT2D eigenvalue weighted by atomic mass is 9.99. The molecule has 1 saturated heterocycles. The monoisotopic (exact) mass is 455 g/mol. The second-order valence-electron chi connectivity index (χ2n) is 7.86. The Labute approximate surface area is 187 Å². The van der Waals surface area contributed by atoms with Crippen LogP contribution in [0.25, 0.3) is 0 Å². The molecule has 2 rings (SSSR count). The van der Waals surface area contributed by atoms with Crippen molar-refractivity contribution in [1.82, 2.24) is 9.62 Å². The lowest BCUT2D eigenvalue weighted by Crippen LogP contribution is -2.50. The van der Waals surface area contributed by atoms with Gasteiger partial charge in [0.25, 0.3) is 0 Å². The fraction of sp³-hybridized carbons (Fsp3) is 0.682. The van der Waals surface area contributed by atoms with Gasteiger partial charge in [-0.2, -0.15) is 12.7 Å². The number of anilines is 1. The molecular weight excluding hydrogens is 418 g/mol. The van der Waals surface area contributed by atoms with Crippen molar-refractivity contribution < 1.29 is 22.7 Å². The smallest absolute Gasteiger partial charge is 0.304 e. The zero-order valence-corrected chi connectivity index (χ0v) is 20.0. The fourth-order valence-corrected chi connectivity index (χ4v) is 5.33. The third kappa shape index (κ3) is 7.36. The molecule has 9 heteroatoms. The lowest BCUT2D eigenvalue weighted by Gasteiger charge is -2.35. The molecule has 1 aromatic rings. The lowest BCUT2D eigenvalue weighted by molar-refractivity contribution is -0.126. The number of ether oxygens (including phenoxy) is 2. The Bertz CT molecular complexity index is 783. The Morgan fingerprint density at radius 1 is 1.26 bits per heavy atom. The normalized spacial score (nSPS) is 17.5. The minimum Gasteiger partial charge on any atom is -0.494 e. The Morgan fingerprint density at radius 3 is 2.58 bits per heavy atom. The molecule has 31 heavy (non-hydrogen) atoms. The number of amides is 1. The van der Waals surface area contributed by atoms with E-state index in [1.807, 2.05) is 20.8 Å². The van der Waals surface area contributed by atoms with Gasteiger partial charge in [0.1, 0.15) is 5.75 Å². The predicted octanol–water partition coefficient (Wildman–Crippen LogP) is 2.80. The van der Waals surface area contributed by atoms with Crippen molar-refractivity contribution in [2.45, 2.75) is 53.1 Å². The van der Waals surface area contributed by atoms with Crippen molar-refractivity contribution in [2.75, 3.05) is 43.7 Å². The van der Waals surface area contributed by atoms with E-state index in [-0.39, 0.29) is 24.5 Å². The van der Waals surface area contributed by atoms with E-state index in [4.69, 9.17) is 9.47 Å². The minimum atomic E-state index is -3.73. The van der Waals surface area contributed by atoms with Crippen LogP contribution in [0.1, 0.15) is 47.0 Å². The van der Waals surface area contributed by atoms with Gasteiger partial charge < -0.3 is 14.8 Å². The van der Waals surface area contributed by atoms with Crippen LogP contribution in [0.2, 0.25) is 0 Å². The van der Waals surface area contributed by atoms with Crippen LogP contribution >= 0.6 is 0 Å². The summed E-state index contributed by atoms with van der Waals surface area (Å²) in [7, 11) is -3.73. The molecular formula is C22H37N3O5S. The SMILES string of the molecule is CCOc1ccc(N(CC)S(=O)(=O)N2CCCC(C(=O)NCCCOC(C)C)C2)cc1. The van der Waals surface area contributed by atoms with E-state index in [1.165, 1.54) is 8.61 Å². The molecule has 0 aromatic heterocycles. The highest BCUT2D eigenvalue weighted by Crippen LogP contribution is 2.27. The summed E-state index contributed by atoms with van der Waals surface area (Å²) in [5.74, 6) is 0.273. The van der Waals surface area contributed by atoms with Crippen molar-refractivity contribution in [1.29, 1.82) is 0 Å². The van der Waals surface area contributed by atoms with Gasteiger partial charge in [0.2, 0.25) is 5.91 Å². The third-order valence-corrected chi connectivity index (χ3v) is 7.16. The molecule has 0 radical (unpaired) electrons. The number of benzene rings is 1. The Kier molecular flexibility index (Phi) is 10.1. The molecule has 1 heterocycles. The van der Waals surface area contributed by atoms with Crippen molar-refractivity contribution >= 4 is 21.8 Å². The van der Waals surface area contributed by atoms with Gasteiger partial charge in [0.05, 0.1) is 24.3 Å². The molecule has 1 atom stereocenters. The van der Waals surface area contributed by atoms with E-state index in [0.29, 0.717) is 57.1 Å². The van der Waals surface area contributed by atoms with Crippen molar-refractivity contribution in [3.8, 4) is 5.75 Å². The molecule has 0 aliphatic carbocycles. The number of hydrogen-bond donors (Lipinski definition) is 1. The van der Waals surface area contributed by atoms with E-state index in [1.54, 1.807) is 31.2 Å². The maximum Gasteiger partial charge on any atom is 0.304 e. The second-order valence-corrected chi connectivity index (χ2v) is 9.71. The molecule has 1 aromatic carbocycles. The summed E-state index contributed by atoms with van der Waals surface area (Å²) >= 11 is 0. The Hall–Kier alpha value is -1.84. The van der Waals surface area contributed by atoms with E-state index in [2.05, 4.69) is 5.32 Å². The molecule has 8 nitrogen and oxygen atoms in total. The summed E-state index contributed by atoms with van der Waals surface area (Å²) in [6.45, 7) is 10.3. The van der Waals surface area contributed by atoms with Crippen molar-refractivity contribution in [3.63, 3.8) is 0 Å². The number of nitrogens with zero attached hydrogens (tertiary/aromatic N) is 2. The predicted molar refractivity (Wildman–Crippen MR) is 123 cm³/mol. The molecule has 1 fully saturated rings. The van der Waals surface area contributed by atoms with E-state index >= 15 is 0 Å². The molecule has 176 valence electrons. The molecule has 1 N–H and O–H groups in total. The van der Waals surface area contributed by atoms with Crippen molar-refractivity contribution in [3.05, 3.63) is 24.3 Å². The summed E-state index contributed by atoms with van der Waals surface area (Å²) < 4.78 is 40.4. The van der Waals surface area contributed by atoms with Crippen LogP contribution < -0.4 is 14.4 Å². The van der Waals surface area contributed by atoms with Crippen LogP contribution in [0.15, 0.2) is 24.3 Å². The van der Waals surface area contributed by atoms with Crippen LogP contribution in [0, 0.1) is 5.92 Å². The van der Waals surface area contributed by atoms with Crippen molar-refractivity contribution in [2.24, 2.45) is 5.92 Å². The molecule has 1 amide bonds. The average Bonchev–Trinajstić information content (AvgIpc) is 2.75. The number of hydrogen-bond acceptors (Lipinski definition) is 5. The first-order chi connectivity index (χ1) is 14.8. The summed E-state index contributed by atoms with van der Waals surface area (Å²) in [5, 5.41) is 2.92. The summed E-state index contributed by atoms with van der Waals surface area (Å²) in [6, 6.07) is 7.04. The van der Waals surface area contributed by atoms with Gasteiger partial charge in [-0.1, -0.05) is 0 Å². The van der Waals surface area contributed by atoms with Gasteiger partial charge >= 0.3 is 10.2 Å². The number of rotatable bonds is 12. The van der Waals surface area contributed by atoms with Gasteiger partial charge in [-0.15, -0.1) is 0 Å². The van der Waals surface area contributed by atoms with E-state index < -0.39 is 10.2 Å². The topological polar surface area (TPSA) is 88.2 Å². The highest BCUT2D eigenvalue weighted by molar-refractivity contribution is 7.90. The Balaban J connectivity index is 1.98. The van der Waals surface area contributed by atoms with E-state index in [0.717, 1.165) is 6.42 Å². The van der Waals surface area contributed by atoms with Gasteiger partial charge in [0, 0.05) is 32.8 Å². The number of carbonyl (C=O) groups excluding carboxylic acids is 1. The van der Waals surface area contributed by atoms with Crippen LogP contribution in [0.3, 0.4) is 0 Å². The zero-order valence-electron chi connectivity index (χ0n) is 19.2. The summed E-state index contributed by atoms with van der Waals surface area (Å²) in [6.07, 6.45) is 2.26. The largest absolute Gasteiger partial charge is 0.494 e. The summed E-state index contributed by atoms with van der Waals surface area (Å²) in [5.41, 5.74) is 0.586. The first kappa shape index (κ1) is 25.4. The van der Waals surface area contributed by atoms with Gasteiger partial charge in [0.15, 0.2) is 0 Å². The number of carbonyl (C=O) groups is 1. The number of nitrogens with one attached hydrogen (secondary N) is 1. The van der Waals surface area contributed by atoms with Gasteiger partial charge in [-0.05, 0) is 71.2 Å². The quantitative estimate of drug-likeness (QED) is 0.490. The number of piperidine rings is 1. The first-order valence-corrected chi connectivity index (χ1v) is 12.6. The fourth-order valence-electron chi connectivity index (χ4n) is 3.61. The van der Waals surface area contributed by atoms with Gasteiger partial charge in [-0.3, -0.25) is 9.10 Å². The molecule has 0 saturated carbocycles. The Morgan fingerprint density at radius 2 is 1.97 bits per heavy atom. The highest BCUT2D eigenvalue weighted by Gasteiger charge is 2.35. The molecule has 0 bridgehead atoms. The molecule has 0 spiro atoms. The minimum absolute atomic E-state index is 0.0893. The first-order valence-electron chi connectivity index (χ1n) is 11.2. The van der Waals surface area contributed by atoms with Crippen LogP contribution in [-0.2, 0) is 19.7 Å². The molecule has 1 aliphatic heterocycles. The third-order valence-electron chi connectivity index (χ3n) is 5.15. The highest BCUT2D eigenvalue weighted by atomic mass is 32.2. The second kappa shape index (κ2) is 12.3. The van der Waals surface area contributed by atoms with Crippen LogP contribution in [0.4, 0.5) is 5.69 Å². The zero-order chi connectivity index (χ0) is 22.9. The van der Waals surface area contributed by atoms with Crippen LogP contribution in [-0.4, -0.2) is 64.1 Å². The summed E-state index contributed by atoms with van der Waals surface area (Å²) in [4.78, 5) is 12.6. The maximum absolute atomic E-state index is 13.3. The molecule has 1 aliphatic rings. The van der Waals surface area contributed by atoms with E-state index in [9.17, 15) is 13.2 Å². The maximum atomic E-state index is 13.3. The van der Waals surface area contributed by atoms with Gasteiger partial charge in [-0.25, -0.2) is 0 Å². The van der Waals surface area contributed by atoms with Crippen LogP contribution in [0.5, 0.6) is 5.75 Å². The standard InChI is InChI=1S/C22H37N3O5S/c1-5-25(20-10-12-21(13-11-20)29-6-2)31(27,28)24-15-7-9-19(17-24)22(26)23-14-8-16-30-18(3)4/h10-13,18-19H,5-9,14-17H2,1-4H3,(H,23,26).